The van der Waals surface area contributed by atoms with Crippen LogP contribution in [0.25, 0.3) is 0 Å². The number of sulfonamides is 1. The molecule has 2 unspecified atom stereocenters. The third-order valence-corrected chi connectivity index (χ3v) is 11.3. The SMILES string of the molecule is CC(C)NC(=O)c1cc(NS(=O)(=O)CC23CCC(CC2=O)C3(C)C)ccc1N1CCC(Cc2ccccc2)CC1. The van der Waals surface area contributed by atoms with Crippen LogP contribution in [-0.2, 0) is 21.2 Å². The van der Waals surface area contributed by atoms with E-state index >= 15 is 0 Å². The molecule has 216 valence electrons. The highest BCUT2D eigenvalue weighted by Gasteiger charge is 2.65. The summed E-state index contributed by atoms with van der Waals surface area (Å²) in [6.07, 6.45) is 5.09. The van der Waals surface area contributed by atoms with Crippen molar-refractivity contribution >= 4 is 33.1 Å². The lowest BCUT2D eigenvalue weighted by Crippen LogP contribution is -2.43. The molecule has 8 heteroatoms. The molecule has 3 aliphatic rings. The topological polar surface area (TPSA) is 95.6 Å². The van der Waals surface area contributed by atoms with Crippen molar-refractivity contribution in [2.24, 2.45) is 22.7 Å². The van der Waals surface area contributed by atoms with Gasteiger partial charge >= 0.3 is 0 Å². The summed E-state index contributed by atoms with van der Waals surface area (Å²) in [6.45, 7) is 9.58. The lowest BCUT2D eigenvalue weighted by molar-refractivity contribution is -0.128. The summed E-state index contributed by atoms with van der Waals surface area (Å²) in [4.78, 5) is 28.5. The highest BCUT2D eigenvalue weighted by molar-refractivity contribution is 7.92. The average Bonchev–Trinajstić information content (AvgIpc) is 3.23. The number of nitrogens with one attached hydrogen (secondary N) is 2. The highest BCUT2D eigenvalue weighted by Crippen LogP contribution is 2.64. The van der Waals surface area contributed by atoms with Crippen molar-refractivity contribution < 1.29 is 18.0 Å². The summed E-state index contributed by atoms with van der Waals surface area (Å²) in [6, 6.07) is 15.7. The first-order chi connectivity index (χ1) is 18.9. The summed E-state index contributed by atoms with van der Waals surface area (Å²) in [5, 5.41) is 2.98. The van der Waals surface area contributed by atoms with E-state index in [4.69, 9.17) is 0 Å². The molecule has 2 bridgehead atoms. The van der Waals surface area contributed by atoms with Gasteiger partial charge in [-0.15, -0.1) is 0 Å². The number of carbonyl (C=O) groups excluding carboxylic acids is 2. The average molecular weight is 566 g/mol. The Morgan fingerprint density at radius 1 is 1.05 bits per heavy atom. The lowest BCUT2D eigenvalue weighted by Gasteiger charge is -2.36. The number of benzene rings is 2. The highest BCUT2D eigenvalue weighted by atomic mass is 32.2. The molecule has 2 N–H and O–H groups in total. The van der Waals surface area contributed by atoms with E-state index in [0.717, 1.165) is 44.5 Å². The summed E-state index contributed by atoms with van der Waals surface area (Å²) in [5.74, 6) is 0.475. The Kier molecular flexibility index (Phi) is 7.77. The van der Waals surface area contributed by atoms with Gasteiger partial charge in [0.1, 0.15) is 5.78 Å². The van der Waals surface area contributed by atoms with Crippen molar-refractivity contribution in [3.8, 4) is 0 Å². The monoisotopic (exact) mass is 565 g/mol. The normalized spacial score (nSPS) is 24.5. The van der Waals surface area contributed by atoms with E-state index in [9.17, 15) is 18.0 Å². The summed E-state index contributed by atoms with van der Waals surface area (Å²) >= 11 is 0. The van der Waals surface area contributed by atoms with Crippen LogP contribution in [0.5, 0.6) is 0 Å². The Morgan fingerprint density at radius 3 is 2.35 bits per heavy atom. The van der Waals surface area contributed by atoms with Crippen LogP contribution in [0.2, 0.25) is 0 Å². The van der Waals surface area contributed by atoms with Gasteiger partial charge in [0.05, 0.1) is 16.7 Å². The Hall–Kier alpha value is -2.87. The molecule has 2 atom stereocenters. The molecular formula is C32H43N3O4S. The molecule has 1 saturated heterocycles. The van der Waals surface area contributed by atoms with Gasteiger partial charge in [-0.1, -0.05) is 44.2 Å². The van der Waals surface area contributed by atoms with Gasteiger partial charge < -0.3 is 10.2 Å². The third-order valence-electron chi connectivity index (χ3n) is 9.83. The van der Waals surface area contributed by atoms with Gasteiger partial charge in [0.25, 0.3) is 5.91 Å². The predicted octanol–water partition coefficient (Wildman–Crippen LogP) is 5.42. The first-order valence-corrected chi connectivity index (χ1v) is 16.3. The van der Waals surface area contributed by atoms with Crippen LogP contribution < -0.4 is 14.9 Å². The van der Waals surface area contributed by atoms with E-state index in [1.54, 1.807) is 12.1 Å². The van der Waals surface area contributed by atoms with E-state index in [1.807, 2.05) is 39.8 Å². The zero-order valence-corrected chi connectivity index (χ0v) is 25.0. The van der Waals surface area contributed by atoms with Crippen molar-refractivity contribution in [2.75, 3.05) is 28.5 Å². The molecule has 1 amide bonds. The molecular weight excluding hydrogens is 522 g/mol. The number of amides is 1. The smallest absolute Gasteiger partial charge is 0.253 e. The number of rotatable bonds is 9. The molecule has 0 radical (unpaired) electrons. The maximum atomic E-state index is 13.4. The maximum absolute atomic E-state index is 13.4. The van der Waals surface area contributed by atoms with Gasteiger partial charge in [-0.05, 0) is 87.0 Å². The fourth-order valence-corrected chi connectivity index (χ4v) is 9.26. The van der Waals surface area contributed by atoms with Crippen LogP contribution >= 0.6 is 0 Å². The van der Waals surface area contributed by atoms with Gasteiger partial charge in [0.15, 0.2) is 0 Å². The summed E-state index contributed by atoms with van der Waals surface area (Å²) in [5.41, 5.74) is 1.81. The van der Waals surface area contributed by atoms with Crippen molar-refractivity contribution in [2.45, 2.75) is 72.3 Å². The van der Waals surface area contributed by atoms with Gasteiger partial charge in [0, 0.05) is 36.9 Å². The quantitative estimate of drug-likeness (QED) is 0.423. The van der Waals surface area contributed by atoms with Crippen LogP contribution in [0.1, 0.15) is 75.7 Å². The number of fused-ring (bicyclic) bond motifs is 2. The van der Waals surface area contributed by atoms with Crippen molar-refractivity contribution in [3.05, 3.63) is 59.7 Å². The Morgan fingerprint density at radius 2 is 1.75 bits per heavy atom. The van der Waals surface area contributed by atoms with E-state index in [1.165, 1.54) is 5.56 Å². The zero-order chi connectivity index (χ0) is 28.7. The molecule has 7 nitrogen and oxygen atoms in total. The van der Waals surface area contributed by atoms with Crippen molar-refractivity contribution in [3.63, 3.8) is 0 Å². The minimum Gasteiger partial charge on any atom is -0.371 e. The van der Waals surface area contributed by atoms with E-state index in [-0.39, 0.29) is 34.8 Å². The third kappa shape index (κ3) is 5.52. The second-order valence-corrected chi connectivity index (χ2v) is 14.7. The van der Waals surface area contributed by atoms with Crippen LogP contribution in [0.15, 0.2) is 48.5 Å². The minimum absolute atomic E-state index is 0.0534. The molecule has 5 rings (SSSR count). The van der Waals surface area contributed by atoms with Crippen LogP contribution in [-0.4, -0.2) is 45.0 Å². The molecule has 3 fully saturated rings. The number of nitrogens with zero attached hydrogens (tertiary/aromatic N) is 1. The molecule has 2 aliphatic carbocycles. The standard InChI is InChI=1S/C32H43N3O4S/c1-22(2)33-30(37)27-20-26(34-40(38,39)21-32-15-12-25(19-29(32)36)31(32,3)4)10-11-28(27)35-16-13-24(14-17-35)18-23-8-6-5-7-9-23/h5-11,20,22,24-25,34H,12-19,21H2,1-4H3,(H,33,37). The molecule has 1 aliphatic heterocycles. The van der Waals surface area contributed by atoms with E-state index < -0.39 is 15.4 Å². The summed E-state index contributed by atoms with van der Waals surface area (Å²) < 4.78 is 29.6. The van der Waals surface area contributed by atoms with Gasteiger partial charge in [-0.2, -0.15) is 0 Å². The Balaban J connectivity index is 1.33. The predicted molar refractivity (Wildman–Crippen MR) is 160 cm³/mol. The molecule has 1 heterocycles. The fraction of sp³-hybridized carbons (Fsp3) is 0.562. The van der Waals surface area contributed by atoms with Gasteiger partial charge in [-0.25, -0.2) is 8.42 Å². The van der Waals surface area contributed by atoms with E-state index in [0.29, 0.717) is 30.0 Å². The molecule has 40 heavy (non-hydrogen) atoms. The van der Waals surface area contributed by atoms with Crippen molar-refractivity contribution in [1.82, 2.24) is 5.32 Å². The van der Waals surface area contributed by atoms with Crippen LogP contribution in [0, 0.1) is 22.7 Å². The Bertz CT molecular complexity index is 1360. The number of hydrogen-bond acceptors (Lipinski definition) is 5. The van der Waals surface area contributed by atoms with E-state index in [2.05, 4.69) is 39.2 Å². The first-order valence-electron chi connectivity index (χ1n) is 14.7. The maximum Gasteiger partial charge on any atom is 0.253 e. The minimum atomic E-state index is -3.82. The van der Waals surface area contributed by atoms with Crippen LogP contribution in [0.4, 0.5) is 11.4 Å². The van der Waals surface area contributed by atoms with Gasteiger partial charge in [0.2, 0.25) is 10.0 Å². The second-order valence-electron chi connectivity index (χ2n) is 13.0. The lowest BCUT2D eigenvalue weighted by atomic mass is 9.70. The molecule has 2 aromatic carbocycles. The fourth-order valence-electron chi connectivity index (χ4n) is 7.37. The number of Topliss-reactive ketones (excluding diaryl/α,β-unsaturated/α-hetero) is 1. The first kappa shape index (κ1) is 28.7. The number of carbonyl (C=O) groups is 2. The number of anilines is 2. The number of ketones is 1. The molecule has 2 aromatic rings. The second kappa shape index (κ2) is 10.8. The zero-order valence-electron chi connectivity index (χ0n) is 24.2. The Labute approximate surface area is 239 Å². The van der Waals surface area contributed by atoms with Gasteiger partial charge in [-0.3, -0.25) is 14.3 Å². The van der Waals surface area contributed by atoms with Crippen LogP contribution in [0.3, 0.4) is 0 Å². The number of hydrogen-bond donors (Lipinski definition) is 2. The number of piperidine rings is 1. The molecule has 0 spiro atoms. The molecule has 2 saturated carbocycles. The van der Waals surface area contributed by atoms with Crippen molar-refractivity contribution in [1.29, 1.82) is 0 Å². The summed E-state index contributed by atoms with van der Waals surface area (Å²) in [7, 11) is -3.82. The molecule has 0 aromatic heterocycles. The largest absolute Gasteiger partial charge is 0.371 e.